The number of anilines is 1. The van der Waals surface area contributed by atoms with Crippen molar-refractivity contribution in [3.63, 3.8) is 0 Å². The first-order valence-electron chi connectivity index (χ1n) is 6.21. The molecule has 0 radical (unpaired) electrons. The molecule has 0 saturated heterocycles. The lowest BCUT2D eigenvalue weighted by Gasteiger charge is -2.11. The molecule has 0 aliphatic heterocycles. The van der Waals surface area contributed by atoms with Crippen molar-refractivity contribution in [1.82, 2.24) is 0 Å². The first kappa shape index (κ1) is 14.4. The first-order valence-corrected chi connectivity index (χ1v) is 7.00. The SMILES string of the molecule is COc1ccc(CNc2cc(Br)ccc2C)cc1C#N. The molecule has 0 fully saturated rings. The summed E-state index contributed by atoms with van der Waals surface area (Å²) in [5.41, 5.74) is 3.86. The van der Waals surface area contributed by atoms with Gasteiger partial charge >= 0.3 is 0 Å². The maximum absolute atomic E-state index is 9.08. The van der Waals surface area contributed by atoms with Gasteiger partial charge in [-0.05, 0) is 42.3 Å². The maximum atomic E-state index is 9.08. The van der Waals surface area contributed by atoms with Crippen LogP contribution in [0.25, 0.3) is 0 Å². The highest BCUT2D eigenvalue weighted by Gasteiger charge is 2.04. The second-order valence-corrected chi connectivity index (χ2v) is 5.37. The molecule has 0 bridgehead atoms. The van der Waals surface area contributed by atoms with Crippen molar-refractivity contribution < 1.29 is 4.74 Å². The molecule has 0 unspecified atom stereocenters. The molecule has 3 nitrogen and oxygen atoms in total. The molecule has 20 heavy (non-hydrogen) atoms. The van der Waals surface area contributed by atoms with Gasteiger partial charge in [0.2, 0.25) is 0 Å². The molecule has 4 heteroatoms. The van der Waals surface area contributed by atoms with Crippen LogP contribution >= 0.6 is 15.9 Å². The Morgan fingerprint density at radius 3 is 2.75 bits per heavy atom. The van der Waals surface area contributed by atoms with E-state index >= 15 is 0 Å². The van der Waals surface area contributed by atoms with E-state index in [2.05, 4.69) is 40.3 Å². The summed E-state index contributed by atoms with van der Waals surface area (Å²) in [7, 11) is 1.57. The number of aryl methyl sites for hydroxylation is 1. The van der Waals surface area contributed by atoms with E-state index in [1.807, 2.05) is 30.3 Å². The number of hydrogen-bond acceptors (Lipinski definition) is 3. The largest absolute Gasteiger partial charge is 0.495 e. The van der Waals surface area contributed by atoms with Gasteiger partial charge in [-0.3, -0.25) is 0 Å². The van der Waals surface area contributed by atoms with Crippen LogP contribution in [0.15, 0.2) is 40.9 Å². The van der Waals surface area contributed by atoms with Crippen LogP contribution in [0.4, 0.5) is 5.69 Å². The Labute approximate surface area is 127 Å². The number of hydrogen-bond donors (Lipinski definition) is 1. The van der Waals surface area contributed by atoms with Gasteiger partial charge in [0.1, 0.15) is 11.8 Å². The monoisotopic (exact) mass is 330 g/mol. The van der Waals surface area contributed by atoms with Gasteiger partial charge in [0.15, 0.2) is 0 Å². The minimum Gasteiger partial charge on any atom is -0.495 e. The van der Waals surface area contributed by atoms with Gasteiger partial charge in [0, 0.05) is 16.7 Å². The minimum absolute atomic E-state index is 0.553. The fraction of sp³-hybridized carbons (Fsp3) is 0.188. The highest BCUT2D eigenvalue weighted by molar-refractivity contribution is 9.10. The summed E-state index contributed by atoms with van der Waals surface area (Å²) >= 11 is 3.46. The molecule has 0 aromatic heterocycles. The summed E-state index contributed by atoms with van der Waals surface area (Å²) in [6.07, 6.45) is 0. The molecule has 0 amide bonds. The Hall–Kier alpha value is -1.99. The molecule has 0 spiro atoms. The third kappa shape index (κ3) is 3.31. The molecular weight excluding hydrogens is 316 g/mol. The highest BCUT2D eigenvalue weighted by atomic mass is 79.9. The van der Waals surface area contributed by atoms with Gasteiger partial charge in [-0.1, -0.05) is 28.1 Å². The van der Waals surface area contributed by atoms with E-state index in [0.29, 0.717) is 17.9 Å². The van der Waals surface area contributed by atoms with Crippen LogP contribution in [-0.2, 0) is 6.54 Å². The first-order chi connectivity index (χ1) is 9.63. The number of halogens is 1. The van der Waals surface area contributed by atoms with Crippen molar-refractivity contribution in [2.75, 3.05) is 12.4 Å². The maximum Gasteiger partial charge on any atom is 0.136 e. The van der Waals surface area contributed by atoms with E-state index in [1.54, 1.807) is 7.11 Å². The van der Waals surface area contributed by atoms with E-state index < -0.39 is 0 Å². The van der Waals surface area contributed by atoms with Crippen LogP contribution < -0.4 is 10.1 Å². The van der Waals surface area contributed by atoms with E-state index in [9.17, 15) is 0 Å². The van der Waals surface area contributed by atoms with Crippen molar-refractivity contribution in [2.45, 2.75) is 13.5 Å². The Balaban J connectivity index is 2.15. The van der Waals surface area contributed by atoms with Crippen LogP contribution in [-0.4, -0.2) is 7.11 Å². The van der Waals surface area contributed by atoms with Gasteiger partial charge in [-0.25, -0.2) is 0 Å². The molecule has 0 aliphatic rings. The quantitative estimate of drug-likeness (QED) is 0.911. The van der Waals surface area contributed by atoms with Crippen LogP contribution in [0.5, 0.6) is 5.75 Å². The Bertz CT molecular complexity index is 662. The molecule has 2 rings (SSSR count). The number of rotatable bonds is 4. The molecule has 1 N–H and O–H groups in total. The fourth-order valence-electron chi connectivity index (χ4n) is 1.93. The minimum atomic E-state index is 0.553. The van der Waals surface area contributed by atoms with Crippen molar-refractivity contribution in [3.8, 4) is 11.8 Å². The van der Waals surface area contributed by atoms with Gasteiger partial charge in [-0.2, -0.15) is 5.26 Å². The number of nitrogens with zero attached hydrogens (tertiary/aromatic N) is 1. The molecule has 0 aliphatic carbocycles. The number of nitrogens with one attached hydrogen (secondary N) is 1. The van der Waals surface area contributed by atoms with Crippen LogP contribution in [0.1, 0.15) is 16.7 Å². The Kier molecular flexibility index (Phi) is 4.65. The zero-order valence-electron chi connectivity index (χ0n) is 11.4. The molecule has 2 aromatic rings. The lowest BCUT2D eigenvalue weighted by Crippen LogP contribution is -2.02. The predicted octanol–water partition coefficient (Wildman–Crippen LogP) is 4.25. The number of benzene rings is 2. The molecule has 2 aromatic carbocycles. The lowest BCUT2D eigenvalue weighted by molar-refractivity contribution is 0.413. The smallest absolute Gasteiger partial charge is 0.136 e. The zero-order valence-corrected chi connectivity index (χ0v) is 13.0. The van der Waals surface area contributed by atoms with E-state index in [-0.39, 0.29) is 0 Å². The average Bonchev–Trinajstić information content (AvgIpc) is 2.47. The molecular formula is C16H15BrN2O. The van der Waals surface area contributed by atoms with Crippen LogP contribution in [0, 0.1) is 18.3 Å². The molecule has 0 saturated carbocycles. The fourth-order valence-corrected chi connectivity index (χ4v) is 2.30. The van der Waals surface area contributed by atoms with Crippen molar-refractivity contribution in [2.24, 2.45) is 0 Å². The predicted molar refractivity (Wildman–Crippen MR) is 83.9 cm³/mol. The van der Waals surface area contributed by atoms with E-state index in [4.69, 9.17) is 10.00 Å². The van der Waals surface area contributed by atoms with Crippen molar-refractivity contribution in [1.29, 1.82) is 5.26 Å². The summed E-state index contributed by atoms with van der Waals surface area (Å²) in [4.78, 5) is 0. The zero-order chi connectivity index (χ0) is 14.5. The third-order valence-electron chi connectivity index (χ3n) is 3.07. The third-order valence-corrected chi connectivity index (χ3v) is 3.56. The number of nitriles is 1. The van der Waals surface area contributed by atoms with Gasteiger partial charge in [0.05, 0.1) is 12.7 Å². The Morgan fingerprint density at radius 2 is 2.05 bits per heavy atom. The van der Waals surface area contributed by atoms with Crippen LogP contribution in [0.3, 0.4) is 0 Å². The Morgan fingerprint density at radius 1 is 1.25 bits per heavy atom. The number of methoxy groups -OCH3 is 1. The second kappa shape index (κ2) is 6.44. The summed E-state index contributed by atoms with van der Waals surface area (Å²) in [5, 5.41) is 12.5. The molecule has 102 valence electrons. The summed E-state index contributed by atoms with van der Waals surface area (Å²) < 4.78 is 6.18. The standard InChI is InChI=1S/C16H15BrN2O/c1-11-3-5-14(17)8-15(11)19-10-12-4-6-16(20-2)13(7-12)9-18/h3-8,19H,10H2,1-2H3. The van der Waals surface area contributed by atoms with Crippen molar-refractivity contribution in [3.05, 3.63) is 57.6 Å². The van der Waals surface area contributed by atoms with E-state index in [0.717, 1.165) is 15.7 Å². The van der Waals surface area contributed by atoms with E-state index in [1.165, 1.54) is 5.56 Å². The van der Waals surface area contributed by atoms with Crippen molar-refractivity contribution >= 4 is 21.6 Å². The second-order valence-electron chi connectivity index (χ2n) is 4.46. The van der Waals surface area contributed by atoms with Gasteiger partial charge in [0.25, 0.3) is 0 Å². The van der Waals surface area contributed by atoms with Gasteiger partial charge in [-0.15, -0.1) is 0 Å². The lowest BCUT2D eigenvalue weighted by atomic mass is 10.1. The van der Waals surface area contributed by atoms with Crippen LogP contribution in [0.2, 0.25) is 0 Å². The topological polar surface area (TPSA) is 45.0 Å². The number of ether oxygens (including phenoxy) is 1. The van der Waals surface area contributed by atoms with Gasteiger partial charge < -0.3 is 10.1 Å². The molecule has 0 atom stereocenters. The summed E-state index contributed by atoms with van der Waals surface area (Å²) in [6.45, 7) is 2.72. The summed E-state index contributed by atoms with van der Waals surface area (Å²) in [5.74, 6) is 0.606. The molecule has 0 heterocycles. The summed E-state index contributed by atoms with van der Waals surface area (Å²) in [6, 6.07) is 13.9. The average molecular weight is 331 g/mol. The highest BCUT2D eigenvalue weighted by Crippen LogP contribution is 2.23. The normalized spacial score (nSPS) is 9.90.